The normalized spacial score (nSPS) is 11.0. The number of nitrogens with zero attached hydrogens (tertiary/aromatic N) is 5. The minimum atomic E-state index is -0.620. The Hall–Kier alpha value is -4.70. The van der Waals surface area contributed by atoms with E-state index in [1.165, 1.54) is 30.6 Å². The summed E-state index contributed by atoms with van der Waals surface area (Å²) >= 11 is 1.17. The van der Waals surface area contributed by atoms with Crippen LogP contribution in [0.5, 0.6) is 0 Å². The van der Waals surface area contributed by atoms with Gasteiger partial charge in [-0.15, -0.1) is 11.3 Å². The topological polar surface area (TPSA) is 146 Å². The summed E-state index contributed by atoms with van der Waals surface area (Å²) in [6.07, 6.45) is 0. The van der Waals surface area contributed by atoms with Gasteiger partial charge in [-0.25, -0.2) is 14.4 Å². The van der Waals surface area contributed by atoms with E-state index in [0.29, 0.717) is 79.6 Å². The molecule has 0 bridgehead atoms. The average molecular weight is 706 g/mol. The summed E-state index contributed by atoms with van der Waals surface area (Å²) < 4.78 is 32.2. The first-order chi connectivity index (χ1) is 24.2. The molecule has 1 heterocycles. The van der Waals surface area contributed by atoms with Crippen molar-refractivity contribution in [3.05, 3.63) is 81.0 Å². The summed E-state index contributed by atoms with van der Waals surface area (Å²) in [4.78, 5) is 30.3. The Morgan fingerprint density at radius 1 is 0.880 bits per heavy atom. The first-order valence-corrected chi connectivity index (χ1v) is 16.9. The van der Waals surface area contributed by atoms with Crippen molar-refractivity contribution in [3.8, 4) is 6.07 Å². The lowest BCUT2D eigenvalue weighted by Gasteiger charge is -2.29. The van der Waals surface area contributed by atoms with Crippen LogP contribution in [0.4, 0.5) is 22.1 Å². The fourth-order valence-corrected chi connectivity index (χ4v) is 5.52. The summed E-state index contributed by atoms with van der Waals surface area (Å²) in [5, 5.41) is 18.4. The van der Waals surface area contributed by atoms with E-state index in [-0.39, 0.29) is 30.4 Å². The van der Waals surface area contributed by atoms with E-state index in [9.17, 15) is 14.9 Å². The Morgan fingerprint density at radius 3 is 2.00 bits per heavy atom. The van der Waals surface area contributed by atoms with Crippen LogP contribution in [0.25, 0.3) is 4.85 Å². The van der Waals surface area contributed by atoms with Gasteiger partial charge >= 0.3 is 11.9 Å². The van der Waals surface area contributed by atoms with Crippen molar-refractivity contribution < 1.29 is 38.0 Å². The number of carbonyl (C=O) groups excluding carboxylic acids is 2. The second-order valence-corrected chi connectivity index (χ2v) is 12.0. The number of azo groups is 1. The van der Waals surface area contributed by atoms with Crippen LogP contribution in [0, 0.1) is 31.8 Å². The number of benzene rings is 2. The Balaban J connectivity index is 1.25. The number of thiophene rings is 1. The molecule has 0 N–H and O–H groups in total. The Labute approximate surface area is 297 Å². The molecule has 0 amide bonds. The highest BCUT2D eigenvalue weighted by atomic mass is 32.1. The number of methoxy groups -OCH3 is 1. The summed E-state index contributed by atoms with van der Waals surface area (Å²) in [6, 6.07) is 14.6. The molecule has 13 nitrogen and oxygen atoms in total. The maximum Gasteiger partial charge on any atom is 0.339 e. The van der Waals surface area contributed by atoms with Crippen molar-refractivity contribution in [2.45, 2.75) is 33.7 Å². The molecule has 0 saturated carbocycles. The van der Waals surface area contributed by atoms with Gasteiger partial charge in [-0.05, 0) is 69.2 Å². The van der Waals surface area contributed by atoms with E-state index in [1.54, 1.807) is 19.1 Å². The molecule has 0 unspecified atom stereocenters. The Bertz CT molecular complexity index is 1680. The molecule has 0 aliphatic carbocycles. The number of ether oxygens (including phenoxy) is 6. The maximum absolute atomic E-state index is 12.3. The van der Waals surface area contributed by atoms with E-state index >= 15 is 0 Å². The highest BCUT2D eigenvalue weighted by molar-refractivity contribution is 7.17. The van der Waals surface area contributed by atoms with Gasteiger partial charge in [0.05, 0.1) is 88.2 Å². The molecule has 0 saturated heterocycles. The minimum Gasteiger partial charge on any atom is -0.465 e. The number of rotatable bonds is 21. The van der Waals surface area contributed by atoms with E-state index in [4.69, 9.17) is 35.0 Å². The van der Waals surface area contributed by atoms with Crippen LogP contribution < -0.4 is 4.90 Å². The zero-order chi connectivity index (χ0) is 36.3. The van der Waals surface area contributed by atoms with Gasteiger partial charge in [-0.3, -0.25) is 0 Å². The van der Waals surface area contributed by atoms with Gasteiger partial charge in [0.15, 0.2) is 0 Å². The molecule has 3 aromatic rings. The zero-order valence-electron chi connectivity index (χ0n) is 29.1. The molecule has 0 aliphatic heterocycles. The van der Waals surface area contributed by atoms with Gasteiger partial charge in [-0.1, -0.05) is 12.1 Å². The van der Waals surface area contributed by atoms with Crippen LogP contribution >= 0.6 is 11.3 Å². The fraction of sp³-hybridized carbons (Fsp3) is 0.444. The van der Waals surface area contributed by atoms with E-state index < -0.39 is 11.9 Å². The molecular formula is C36H43N5O8S. The molecule has 50 heavy (non-hydrogen) atoms. The van der Waals surface area contributed by atoms with Crippen LogP contribution in [-0.2, 0) is 28.4 Å². The fourth-order valence-electron chi connectivity index (χ4n) is 4.66. The van der Waals surface area contributed by atoms with Gasteiger partial charge < -0.3 is 33.3 Å². The van der Waals surface area contributed by atoms with Crippen LogP contribution in [0.15, 0.2) is 52.7 Å². The molecule has 0 radical (unpaired) electrons. The lowest BCUT2D eigenvalue weighted by Crippen LogP contribution is -2.34. The van der Waals surface area contributed by atoms with Gasteiger partial charge in [-0.2, -0.15) is 15.5 Å². The highest BCUT2D eigenvalue weighted by Gasteiger charge is 2.18. The first-order valence-electron chi connectivity index (χ1n) is 16.1. The van der Waals surface area contributed by atoms with Crippen molar-refractivity contribution in [2.24, 2.45) is 10.2 Å². The van der Waals surface area contributed by atoms with Crippen molar-refractivity contribution in [1.82, 2.24) is 0 Å². The zero-order valence-corrected chi connectivity index (χ0v) is 29.9. The average Bonchev–Trinajstić information content (AvgIpc) is 3.43. The number of esters is 2. The Kier molecular flexibility index (Phi) is 17.0. The second-order valence-electron chi connectivity index (χ2n) is 11.0. The summed E-state index contributed by atoms with van der Waals surface area (Å²) in [6.45, 7) is 19.3. The molecule has 0 atom stereocenters. The van der Waals surface area contributed by atoms with E-state index in [2.05, 4.69) is 46.0 Å². The van der Waals surface area contributed by atoms with Crippen molar-refractivity contribution >= 4 is 45.3 Å². The van der Waals surface area contributed by atoms with Crippen molar-refractivity contribution in [1.29, 1.82) is 5.26 Å². The number of nitriles is 1. The number of carbonyl (C=O) groups is 2. The second kappa shape index (κ2) is 21.4. The molecule has 266 valence electrons. The number of hydrogen-bond acceptors (Lipinski definition) is 13. The minimum absolute atomic E-state index is 0.0415. The van der Waals surface area contributed by atoms with Gasteiger partial charge in [0.2, 0.25) is 5.69 Å². The number of anilines is 1. The number of aryl methyl sites for hydroxylation is 1. The largest absolute Gasteiger partial charge is 0.465 e. The molecule has 2 aromatic carbocycles. The van der Waals surface area contributed by atoms with E-state index in [0.717, 1.165) is 11.3 Å². The standard InChI is InChI=1S/C36H43N5O8S/c1-25(2)41(28-11-12-31(26(3)23-28)39-40-34-33(38-5)27(4)32(24-37)50-34)13-14-45-15-16-46-17-18-47-19-20-48-21-22-49-36(43)30-10-8-7-9-29(30)35(42)44-6/h7-12,23,25H,13-22H2,1-4,6H3. The summed E-state index contributed by atoms with van der Waals surface area (Å²) in [5.41, 5.74) is 3.99. The van der Waals surface area contributed by atoms with Gasteiger partial charge in [0, 0.05) is 18.3 Å². The van der Waals surface area contributed by atoms with Crippen LogP contribution in [0.1, 0.15) is 50.6 Å². The third kappa shape index (κ3) is 12.0. The maximum atomic E-state index is 12.3. The van der Waals surface area contributed by atoms with E-state index in [1.807, 2.05) is 19.1 Å². The molecule has 14 heteroatoms. The molecule has 1 aromatic heterocycles. The van der Waals surface area contributed by atoms with Crippen LogP contribution in [0.3, 0.4) is 0 Å². The highest BCUT2D eigenvalue weighted by Crippen LogP contribution is 2.42. The predicted molar refractivity (Wildman–Crippen MR) is 189 cm³/mol. The SMILES string of the molecule is [C-]#[N+]c1c(N=Nc2ccc(N(CCOCCOCCOCCOCCOC(=O)c3ccccc3C(=O)OC)C(C)C)cc2C)sc(C#N)c1C. The predicted octanol–water partition coefficient (Wildman–Crippen LogP) is 7.13. The molecule has 3 rings (SSSR count). The first kappa shape index (κ1) is 39.7. The molecular weight excluding hydrogens is 662 g/mol. The lowest BCUT2D eigenvalue weighted by atomic mass is 10.1. The Morgan fingerprint density at radius 2 is 1.46 bits per heavy atom. The summed E-state index contributed by atoms with van der Waals surface area (Å²) in [7, 11) is 1.25. The van der Waals surface area contributed by atoms with Crippen LogP contribution in [-0.4, -0.2) is 91.1 Å². The molecule has 0 fully saturated rings. The smallest absolute Gasteiger partial charge is 0.339 e. The molecule has 0 aliphatic rings. The van der Waals surface area contributed by atoms with Crippen molar-refractivity contribution in [2.75, 3.05) is 78.0 Å². The third-order valence-corrected chi connectivity index (χ3v) is 8.37. The molecule has 0 spiro atoms. The quantitative estimate of drug-likeness (QED) is 0.0486. The monoisotopic (exact) mass is 705 g/mol. The van der Waals surface area contributed by atoms with Gasteiger partial charge in [0.1, 0.15) is 17.7 Å². The van der Waals surface area contributed by atoms with Crippen molar-refractivity contribution in [3.63, 3.8) is 0 Å². The number of hydrogen-bond donors (Lipinski definition) is 0. The lowest BCUT2D eigenvalue weighted by molar-refractivity contribution is -0.00853. The summed E-state index contributed by atoms with van der Waals surface area (Å²) in [5.74, 6) is -1.22. The third-order valence-electron chi connectivity index (χ3n) is 7.30. The van der Waals surface area contributed by atoms with Gasteiger partial charge in [0.25, 0.3) is 0 Å². The van der Waals surface area contributed by atoms with Crippen LogP contribution in [0.2, 0.25) is 0 Å².